The van der Waals surface area contributed by atoms with Gasteiger partial charge in [-0.15, -0.1) is 0 Å². The van der Waals surface area contributed by atoms with Crippen LogP contribution in [0.5, 0.6) is 0 Å². The summed E-state index contributed by atoms with van der Waals surface area (Å²) in [5.41, 5.74) is 1.01. The second-order valence-corrected chi connectivity index (χ2v) is 5.47. The van der Waals surface area contributed by atoms with Crippen molar-refractivity contribution < 1.29 is 4.52 Å². The van der Waals surface area contributed by atoms with Gasteiger partial charge in [0.1, 0.15) is 0 Å². The minimum absolute atomic E-state index is 0.737. The molecule has 0 radical (unpaired) electrons. The van der Waals surface area contributed by atoms with Crippen molar-refractivity contribution in [3.63, 3.8) is 0 Å². The van der Waals surface area contributed by atoms with E-state index in [9.17, 15) is 0 Å². The summed E-state index contributed by atoms with van der Waals surface area (Å²) >= 11 is 0. The minimum Gasteiger partial charge on any atom is -0.360 e. The van der Waals surface area contributed by atoms with Crippen LogP contribution in [-0.4, -0.2) is 29.2 Å². The standard InChI is InChI=1S/C15H27N3O/c1-3-7-14-8-5-6-9-18(14)12-15-10-13(17-19-15)11-16-4-2/h10,14,16H,3-9,11-12H2,1-2H3. The number of likely N-dealkylation sites (tertiary alicyclic amines) is 1. The first-order valence-corrected chi connectivity index (χ1v) is 7.72. The van der Waals surface area contributed by atoms with Gasteiger partial charge in [-0.2, -0.15) is 0 Å². The van der Waals surface area contributed by atoms with E-state index in [-0.39, 0.29) is 0 Å². The lowest BCUT2D eigenvalue weighted by atomic mass is 9.98. The van der Waals surface area contributed by atoms with Crippen molar-refractivity contribution in [1.29, 1.82) is 0 Å². The highest BCUT2D eigenvalue weighted by molar-refractivity contribution is 5.05. The van der Waals surface area contributed by atoms with E-state index in [1.54, 1.807) is 0 Å². The summed E-state index contributed by atoms with van der Waals surface area (Å²) in [5, 5.41) is 7.40. The van der Waals surface area contributed by atoms with Gasteiger partial charge in [0.05, 0.1) is 12.2 Å². The molecule has 1 N–H and O–H groups in total. The van der Waals surface area contributed by atoms with Crippen LogP contribution in [0.3, 0.4) is 0 Å². The number of aromatic nitrogens is 1. The van der Waals surface area contributed by atoms with E-state index in [4.69, 9.17) is 4.52 Å². The highest BCUT2D eigenvalue weighted by Gasteiger charge is 2.22. The Morgan fingerprint density at radius 1 is 1.42 bits per heavy atom. The zero-order chi connectivity index (χ0) is 13.5. The van der Waals surface area contributed by atoms with Gasteiger partial charge >= 0.3 is 0 Å². The Hall–Kier alpha value is -0.870. The number of hydrogen-bond acceptors (Lipinski definition) is 4. The van der Waals surface area contributed by atoms with E-state index >= 15 is 0 Å². The molecule has 108 valence electrons. The molecule has 4 heteroatoms. The number of piperidine rings is 1. The number of hydrogen-bond donors (Lipinski definition) is 1. The highest BCUT2D eigenvalue weighted by atomic mass is 16.5. The van der Waals surface area contributed by atoms with Crippen molar-refractivity contribution in [2.24, 2.45) is 0 Å². The molecule has 1 atom stereocenters. The van der Waals surface area contributed by atoms with Crippen LogP contribution in [0.1, 0.15) is 57.4 Å². The van der Waals surface area contributed by atoms with Gasteiger partial charge in [0.2, 0.25) is 0 Å². The first kappa shape index (κ1) is 14.5. The van der Waals surface area contributed by atoms with Crippen molar-refractivity contribution in [2.75, 3.05) is 13.1 Å². The second-order valence-electron chi connectivity index (χ2n) is 5.47. The molecular formula is C15H27N3O. The van der Waals surface area contributed by atoms with E-state index < -0.39 is 0 Å². The number of rotatable bonds is 7. The Morgan fingerprint density at radius 3 is 3.11 bits per heavy atom. The zero-order valence-corrected chi connectivity index (χ0v) is 12.3. The SMILES string of the molecule is CCCC1CCCCN1Cc1cc(CNCC)no1. The summed E-state index contributed by atoms with van der Waals surface area (Å²) in [6.45, 7) is 8.27. The van der Waals surface area contributed by atoms with E-state index in [2.05, 4.69) is 35.3 Å². The van der Waals surface area contributed by atoms with Gasteiger partial charge in [-0.25, -0.2) is 0 Å². The van der Waals surface area contributed by atoms with Gasteiger partial charge in [-0.3, -0.25) is 4.90 Å². The third kappa shape index (κ3) is 4.32. The number of nitrogens with zero attached hydrogens (tertiary/aromatic N) is 2. The Kier molecular flexibility index (Phi) is 5.86. The molecule has 19 heavy (non-hydrogen) atoms. The molecule has 1 aliphatic heterocycles. The van der Waals surface area contributed by atoms with E-state index in [0.717, 1.165) is 37.1 Å². The lowest BCUT2D eigenvalue weighted by Gasteiger charge is -2.34. The second kappa shape index (κ2) is 7.65. The summed E-state index contributed by atoms with van der Waals surface area (Å²) in [7, 11) is 0. The Morgan fingerprint density at radius 2 is 2.32 bits per heavy atom. The molecule has 0 spiro atoms. The van der Waals surface area contributed by atoms with Crippen LogP contribution >= 0.6 is 0 Å². The van der Waals surface area contributed by atoms with Crippen LogP contribution in [-0.2, 0) is 13.1 Å². The predicted octanol–water partition coefficient (Wildman–Crippen LogP) is 2.94. The molecule has 1 aromatic rings. The smallest absolute Gasteiger partial charge is 0.151 e. The topological polar surface area (TPSA) is 41.3 Å². The first-order chi connectivity index (χ1) is 9.33. The van der Waals surface area contributed by atoms with Crippen LogP contribution in [0.4, 0.5) is 0 Å². The highest BCUT2D eigenvalue weighted by Crippen LogP contribution is 2.23. The van der Waals surface area contributed by atoms with Gasteiger partial charge in [0, 0.05) is 18.7 Å². The molecule has 0 aliphatic carbocycles. The average Bonchev–Trinajstić information content (AvgIpc) is 2.87. The van der Waals surface area contributed by atoms with Gasteiger partial charge in [-0.1, -0.05) is 31.8 Å². The maximum absolute atomic E-state index is 5.46. The largest absolute Gasteiger partial charge is 0.360 e. The van der Waals surface area contributed by atoms with Crippen LogP contribution in [0, 0.1) is 0 Å². The van der Waals surface area contributed by atoms with Gasteiger partial charge in [-0.05, 0) is 32.4 Å². The molecule has 2 heterocycles. The fourth-order valence-electron chi connectivity index (χ4n) is 2.90. The third-order valence-electron chi connectivity index (χ3n) is 3.89. The normalized spacial score (nSPS) is 20.8. The van der Waals surface area contributed by atoms with Crippen LogP contribution < -0.4 is 5.32 Å². The average molecular weight is 265 g/mol. The molecule has 1 aliphatic rings. The first-order valence-electron chi connectivity index (χ1n) is 7.72. The minimum atomic E-state index is 0.737. The molecular weight excluding hydrogens is 238 g/mol. The van der Waals surface area contributed by atoms with Crippen molar-refractivity contribution in [3.8, 4) is 0 Å². The lowest BCUT2D eigenvalue weighted by Crippen LogP contribution is -2.38. The van der Waals surface area contributed by atoms with E-state index in [1.165, 1.54) is 38.6 Å². The van der Waals surface area contributed by atoms with Crippen LogP contribution in [0.2, 0.25) is 0 Å². The summed E-state index contributed by atoms with van der Waals surface area (Å²) in [5.74, 6) is 1.01. The maximum atomic E-state index is 5.46. The van der Waals surface area contributed by atoms with Crippen molar-refractivity contribution in [2.45, 2.75) is 65.1 Å². The van der Waals surface area contributed by atoms with Crippen molar-refractivity contribution in [3.05, 3.63) is 17.5 Å². The van der Waals surface area contributed by atoms with Gasteiger partial charge in [0.25, 0.3) is 0 Å². The summed E-state index contributed by atoms with van der Waals surface area (Å²) in [6, 6.07) is 2.83. The Balaban J connectivity index is 1.89. The van der Waals surface area contributed by atoms with Crippen molar-refractivity contribution >= 4 is 0 Å². The molecule has 1 saturated heterocycles. The molecule has 0 amide bonds. The summed E-state index contributed by atoms with van der Waals surface area (Å²) < 4.78 is 5.46. The fraction of sp³-hybridized carbons (Fsp3) is 0.800. The van der Waals surface area contributed by atoms with Crippen LogP contribution in [0.25, 0.3) is 0 Å². The lowest BCUT2D eigenvalue weighted by molar-refractivity contribution is 0.118. The summed E-state index contributed by atoms with van der Waals surface area (Å²) in [6.07, 6.45) is 6.61. The monoisotopic (exact) mass is 265 g/mol. The zero-order valence-electron chi connectivity index (χ0n) is 12.3. The molecule has 1 aromatic heterocycles. The molecule has 2 rings (SSSR count). The van der Waals surface area contributed by atoms with Gasteiger partial charge < -0.3 is 9.84 Å². The van der Waals surface area contributed by atoms with E-state index in [1.807, 2.05) is 0 Å². The van der Waals surface area contributed by atoms with Gasteiger partial charge in [0.15, 0.2) is 5.76 Å². The Labute approximate surface area is 116 Å². The molecule has 0 bridgehead atoms. The number of nitrogens with one attached hydrogen (secondary N) is 1. The summed E-state index contributed by atoms with van der Waals surface area (Å²) in [4.78, 5) is 2.57. The van der Waals surface area contributed by atoms with Crippen molar-refractivity contribution in [1.82, 2.24) is 15.4 Å². The molecule has 4 nitrogen and oxygen atoms in total. The quantitative estimate of drug-likeness (QED) is 0.823. The predicted molar refractivity (Wildman–Crippen MR) is 76.8 cm³/mol. The molecule has 1 fully saturated rings. The maximum Gasteiger partial charge on any atom is 0.151 e. The molecule has 0 saturated carbocycles. The third-order valence-corrected chi connectivity index (χ3v) is 3.89. The van der Waals surface area contributed by atoms with Crippen LogP contribution in [0.15, 0.2) is 10.6 Å². The fourth-order valence-corrected chi connectivity index (χ4v) is 2.90. The molecule has 1 unspecified atom stereocenters. The Bertz CT molecular complexity index is 362. The van der Waals surface area contributed by atoms with E-state index in [0.29, 0.717) is 0 Å². The molecule has 0 aromatic carbocycles.